The number of hydrogen-bond donors (Lipinski definition) is 0. The molecule has 0 radical (unpaired) electrons. The number of fused-ring (bicyclic) bond motifs is 1. The van der Waals surface area contributed by atoms with Crippen LogP contribution in [0.2, 0.25) is 0 Å². The molecule has 1 amide bonds. The predicted octanol–water partition coefficient (Wildman–Crippen LogP) is 4.26. The molecule has 0 N–H and O–H groups in total. The van der Waals surface area contributed by atoms with E-state index < -0.39 is 17.3 Å². The van der Waals surface area contributed by atoms with E-state index in [1.54, 1.807) is 18.1 Å². The van der Waals surface area contributed by atoms with Crippen molar-refractivity contribution in [3.8, 4) is 5.75 Å². The van der Waals surface area contributed by atoms with Gasteiger partial charge in [0.25, 0.3) is 5.91 Å². The van der Waals surface area contributed by atoms with Crippen LogP contribution in [0.1, 0.15) is 21.4 Å². The van der Waals surface area contributed by atoms with Gasteiger partial charge in [-0.15, -0.1) is 11.8 Å². The zero-order valence-electron chi connectivity index (χ0n) is 18.8. The smallest absolute Gasteiger partial charge is 0.375 e. The number of furan rings is 1. The Hall–Kier alpha value is -3.23. The van der Waals surface area contributed by atoms with Crippen molar-refractivity contribution in [2.45, 2.75) is 16.2 Å². The van der Waals surface area contributed by atoms with Crippen LogP contribution in [-0.4, -0.2) is 57.2 Å². The lowest BCUT2D eigenvalue weighted by atomic mass is 10.1. The summed E-state index contributed by atoms with van der Waals surface area (Å²) >= 11 is 1.51. The molecule has 1 aromatic heterocycles. The van der Waals surface area contributed by atoms with Gasteiger partial charge in [0, 0.05) is 18.0 Å². The number of thioether (sulfide) groups is 1. The minimum absolute atomic E-state index is 0.0582. The molecule has 0 spiro atoms. The predicted molar refractivity (Wildman–Crippen MR) is 127 cm³/mol. The molecule has 0 saturated heterocycles. The average Bonchev–Trinajstić information content (AvgIpc) is 3.34. The Balaban J connectivity index is 1.76. The van der Waals surface area contributed by atoms with Crippen LogP contribution in [0, 0.1) is 0 Å². The second-order valence-corrected chi connectivity index (χ2v) is 9.06. The van der Waals surface area contributed by atoms with E-state index in [0.717, 1.165) is 16.1 Å². The molecule has 172 valence electrons. The summed E-state index contributed by atoms with van der Waals surface area (Å²) in [7, 11) is 5.51. The van der Waals surface area contributed by atoms with Gasteiger partial charge in [-0.3, -0.25) is 4.79 Å². The number of hydrogen-bond acceptors (Lipinski definition) is 7. The third kappa shape index (κ3) is 5.07. The van der Waals surface area contributed by atoms with E-state index >= 15 is 0 Å². The number of likely N-dealkylation sites (N-methyl/N-ethyl adjacent to an activating group) is 1. The molecule has 0 aliphatic carbocycles. The van der Waals surface area contributed by atoms with E-state index in [2.05, 4.69) is 0 Å². The number of benzene rings is 2. The summed E-state index contributed by atoms with van der Waals surface area (Å²) < 4.78 is 16.3. The van der Waals surface area contributed by atoms with Gasteiger partial charge < -0.3 is 23.7 Å². The van der Waals surface area contributed by atoms with Crippen LogP contribution in [-0.2, 0) is 9.53 Å². The van der Waals surface area contributed by atoms with Gasteiger partial charge in [-0.1, -0.05) is 24.3 Å². The second-order valence-electron chi connectivity index (χ2n) is 7.88. The first-order chi connectivity index (χ1) is 16.0. The Kier molecular flexibility index (Phi) is 7.05. The van der Waals surface area contributed by atoms with Crippen molar-refractivity contribution < 1.29 is 23.5 Å². The number of anilines is 1. The normalized spacial score (nSPS) is 18.1. The van der Waals surface area contributed by atoms with Gasteiger partial charge in [0.1, 0.15) is 5.75 Å². The Morgan fingerprint density at radius 3 is 2.52 bits per heavy atom. The lowest BCUT2D eigenvalue weighted by Crippen LogP contribution is -2.45. The minimum atomic E-state index is -1.05. The fraction of sp³-hybridized carbons (Fsp3) is 0.280. The summed E-state index contributed by atoms with van der Waals surface area (Å²) in [5, 5.41) is -0.451. The van der Waals surface area contributed by atoms with E-state index in [1.807, 2.05) is 67.5 Å². The fourth-order valence-corrected chi connectivity index (χ4v) is 4.95. The number of para-hydroxylation sites is 1. The van der Waals surface area contributed by atoms with Crippen molar-refractivity contribution in [1.82, 2.24) is 4.90 Å². The van der Waals surface area contributed by atoms with Gasteiger partial charge in [0.15, 0.2) is 6.10 Å². The maximum atomic E-state index is 13.9. The van der Waals surface area contributed by atoms with Gasteiger partial charge in [0.2, 0.25) is 5.76 Å². The molecule has 2 aromatic carbocycles. The monoisotopic (exact) mass is 466 g/mol. The number of amides is 1. The van der Waals surface area contributed by atoms with Gasteiger partial charge in [-0.25, -0.2) is 4.79 Å². The summed E-state index contributed by atoms with van der Waals surface area (Å²) in [6.07, 6.45) is 0.357. The van der Waals surface area contributed by atoms with Gasteiger partial charge in [-0.2, -0.15) is 0 Å². The number of esters is 1. The van der Waals surface area contributed by atoms with Crippen LogP contribution < -0.4 is 9.64 Å². The standard InChI is InChI=1S/C25H26N2O5S/c1-26(2)14-15-27-19-7-4-5-9-21(19)33-23(17-10-12-18(30-3)13-11-17)22(24(27)28)32-25(29)20-8-6-16-31-20/h4-13,16,22-23H,14-15H2,1-3H3/t22-,23+/m0/s1. The molecule has 2 atom stereocenters. The molecule has 1 aliphatic heterocycles. The highest BCUT2D eigenvalue weighted by Crippen LogP contribution is 2.47. The third-order valence-electron chi connectivity index (χ3n) is 5.37. The Morgan fingerprint density at radius 1 is 1.09 bits per heavy atom. The van der Waals surface area contributed by atoms with Crippen LogP contribution in [0.5, 0.6) is 5.75 Å². The average molecular weight is 467 g/mol. The van der Waals surface area contributed by atoms with E-state index in [-0.39, 0.29) is 11.7 Å². The van der Waals surface area contributed by atoms with Crippen molar-refractivity contribution in [3.63, 3.8) is 0 Å². The highest BCUT2D eigenvalue weighted by atomic mass is 32.2. The largest absolute Gasteiger partial charge is 0.497 e. The maximum Gasteiger partial charge on any atom is 0.375 e. The maximum absolute atomic E-state index is 13.9. The minimum Gasteiger partial charge on any atom is -0.497 e. The molecule has 0 fully saturated rings. The first kappa shape index (κ1) is 22.9. The van der Waals surface area contributed by atoms with Crippen LogP contribution in [0.25, 0.3) is 0 Å². The zero-order valence-corrected chi connectivity index (χ0v) is 19.6. The Labute approximate surface area is 197 Å². The number of ether oxygens (including phenoxy) is 2. The molecule has 0 bridgehead atoms. The highest BCUT2D eigenvalue weighted by molar-refractivity contribution is 7.99. The summed E-state index contributed by atoms with van der Waals surface area (Å²) in [4.78, 5) is 31.4. The molecule has 8 heteroatoms. The number of methoxy groups -OCH3 is 1. The highest BCUT2D eigenvalue weighted by Gasteiger charge is 2.41. The molecule has 7 nitrogen and oxygen atoms in total. The molecule has 3 aromatic rings. The molecule has 0 saturated carbocycles. The topological polar surface area (TPSA) is 72.2 Å². The van der Waals surface area contributed by atoms with Gasteiger partial charge in [0.05, 0.1) is 24.3 Å². The Morgan fingerprint density at radius 2 is 1.85 bits per heavy atom. The molecule has 0 unspecified atom stereocenters. The van der Waals surface area contributed by atoms with Crippen LogP contribution in [0.4, 0.5) is 5.69 Å². The molecular weight excluding hydrogens is 440 g/mol. The summed E-state index contributed by atoms with van der Waals surface area (Å²) in [6.45, 7) is 1.13. The first-order valence-electron chi connectivity index (χ1n) is 10.6. The van der Waals surface area contributed by atoms with Gasteiger partial charge in [-0.05, 0) is 56.1 Å². The van der Waals surface area contributed by atoms with Crippen LogP contribution in [0.3, 0.4) is 0 Å². The van der Waals surface area contributed by atoms with Crippen molar-refractivity contribution in [1.29, 1.82) is 0 Å². The molecular formula is C25H26N2O5S. The van der Waals surface area contributed by atoms with Crippen molar-refractivity contribution in [3.05, 3.63) is 78.3 Å². The van der Waals surface area contributed by atoms with E-state index in [0.29, 0.717) is 18.8 Å². The number of nitrogens with zero attached hydrogens (tertiary/aromatic N) is 2. The van der Waals surface area contributed by atoms with Crippen LogP contribution in [0.15, 0.2) is 76.2 Å². The summed E-state index contributed by atoms with van der Waals surface area (Å²) in [6, 6.07) is 18.4. The lowest BCUT2D eigenvalue weighted by Gasteiger charge is -2.28. The molecule has 1 aliphatic rings. The number of carbonyl (C=O) groups excluding carboxylic acids is 2. The van der Waals surface area contributed by atoms with E-state index in [1.165, 1.54) is 24.1 Å². The Bertz CT molecular complexity index is 1100. The molecule has 2 heterocycles. The zero-order chi connectivity index (χ0) is 23.4. The van der Waals surface area contributed by atoms with E-state index in [4.69, 9.17) is 13.9 Å². The van der Waals surface area contributed by atoms with Crippen molar-refractivity contribution >= 4 is 29.3 Å². The second kappa shape index (κ2) is 10.1. The fourth-order valence-electron chi connectivity index (χ4n) is 3.63. The lowest BCUT2D eigenvalue weighted by molar-refractivity contribution is -0.127. The quantitative estimate of drug-likeness (QED) is 0.482. The summed E-state index contributed by atoms with van der Waals surface area (Å²) in [5.74, 6) is -0.172. The third-order valence-corrected chi connectivity index (χ3v) is 6.74. The number of rotatable bonds is 7. The van der Waals surface area contributed by atoms with Gasteiger partial charge >= 0.3 is 5.97 Å². The first-order valence-corrected chi connectivity index (χ1v) is 11.5. The van der Waals surface area contributed by atoms with Crippen molar-refractivity contribution in [2.24, 2.45) is 0 Å². The SMILES string of the molecule is COc1ccc([C@H]2Sc3ccccc3N(CCN(C)C)C(=O)[C@H]2OC(=O)c2ccco2)cc1. The number of carbonyl (C=O) groups is 2. The molecule has 4 rings (SSSR count). The summed E-state index contributed by atoms with van der Waals surface area (Å²) in [5.41, 5.74) is 1.67. The molecule has 33 heavy (non-hydrogen) atoms. The van der Waals surface area contributed by atoms with Crippen molar-refractivity contribution in [2.75, 3.05) is 39.2 Å². The van der Waals surface area contributed by atoms with Crippen LogP contribution >= 0.6 is 11.8 Å². The van der Waals surface area contributed by atoms with E-state index in [9.17, 15) is 9.59 Å².